The molecule has 0 unspecified atom stereocenters. The molecule has 0 saturated heterocycles. The predicted octanol–water partition coefficient (Wildman–Crippen LogP) is 1.62. The maximum Gasteiger partial charge on any atom is 0.251 e. The van der Waals surface area contributed by atoms with Gasteiger partial charge in [-0.3, -0.25) is 4.79 Å². The second kappa shape index (κ2) is 6.08. The van der Waals surface area contributed by atoms with Gasteiger partial charge in [-0.2, -0.15) is 0 Å². The molecule has 1 amide bonds. The minimum Gasteiger partial charge on any atom is -0.351 e. The third-order valence-corrected chi connectivity index (χ3v) is 2.25. The van der Waals surface area contributed by atoms with Crippen LogP contribution in [0.4, 0.5) is 0 Å². The molecule has 86 valence electrons. The molecule has 0 aliphatic carbocycles. The van der Waals surface area contributed by atoms with Gasteiger partial charge < -0.3 is 10.2 Å². The molecule has 0 heterocycles. The lowest BCUT2D eigenvalue weighted by molar-refractivity contribution is 0.0951. The van der Waals surface area contributed by atoms with Crippen LogP contribution in [0.25, 0.3) is 6.08 Å². The minimum atomic E-state index is -0.0301. The van der Waals surface area contributed by atoms with E-state index in [4.69, 9.17) is 0 Å². The standard InChI is InChI=1S/C13H18N2O/c1-4-11-5-7-12(8-6-11)13(16)14-9-10-15(2)3/h4-8H,1,9-10H2,2-3H3,(H,14,16). The van der Waals surface area contributed by atoms with E-state index in [1.807, 2.05) is 43.3 Å². The quantitative estimate of drug-likeness (QED) is 0.814. The van der Waals surface area contributed by atoms with Gasteiger partial charge in [-0.1, -0.05) is 24.8 Å². The summed E-state index contributed by atoms with van der Waals surface area (Å²) < 4.78 is 0. The Bertz CT molecular complexity index is 355. The van der Waals surface area contributed by atoms with Crippen LogP contribution in [-0.4, -0.2) is 38.0 Å². The fraction of sp³-hybridized carbons (Fsp3) is 0.308. The van der Waals surface area contributed by atoms with Gasteiger partial charge in [-0.05, 0) is 31.8 Å². The topological polar surface area (TPSA) is 32.3 Å². The van der Waals surface area contributed by atoms with E-state index in [1.165, 1.54) is 0 Å². The summed E-state index contributed by atoms with van der Waals surface area (Å²) in [7, 11) is 3.95. The molecule has 16 heavy (non-hydrogen) atoms. The zero-order valence-corrected chi connectivity index (χ0v) is 9.86. The molecule has 1 aromatic rings. The van der Waals surface area contributed by atoms with Crippen LogP contribution < -0.4 is 5.32 Å². The summed E-state index contributed by atoms with van der Waals surface area (Å²) in [5.41, 5.74) is 1.70. The van der Waals surface area contributed by atoms with E-state index in [9.17, 15) is 4.79 Å². The van der Waals surface area contributed by atoms with E-state index in [1.54, 1.807) is 6.08 Å². The molecule has 0 bridgehead atoms. The van der Waals surface area contributed by atoms with E-state index in [0.29, 0.717) is 12.1 Å². The predicted molar refractivity (Wildman–Crippen MR) is 67.4 cm³/mol. The molecule has 0 aliphatic rings. The lowest BCUT2D eigenvalue weighted by Gasteiger charge is -2.10. The fourth-order valence-corrected chi connectivity index (χ4v) is 1.27. The summed E-state index contributed by atoms with van der Waals surface area (Å²) in [6, 6.07) is 7.38. The van der Waals surface area contributed by atoms with Crippen molar-refractivity contribution >= 4 is 12.0 Å². The number of carbonyl (C=O) groups excluding carboxylic acids is 1. The van der Waals surface area contributed by atoms with Crippen molar-refractivity contribution in [2.45, 2.75) is 0 Å². The van der Waals surface area contributed by atoms with Crippen LogP contribution in [0.3, 0.4) is 0 Å². The molecule has 1 rings (SSSR count). The first kappa shape index (κ1) is 12.5. The molecule has 0 aliphatic heterocycles. The van der Waals surface area contributed by atoms with Crippen molar-refractivity contribution < 1.29 is 4.79 Å². The third kappa shape index (κ3) is 3.87. The highest BCUT2D eigenvalue weighted by Gasteiger charge is 2.03. The van der Waals surface area contributed by atoms with Crippen molar-refractivity contribution in [1.29, 1.82) is 0 Å². The average molecular weight is 218 g/mol. The molecular formula is C13H18N2O. The lowest BCUT2D eigenvalue weighted by atomic mass is 10.1. The Morgan fingerprint density at radius 2 is 2.00 bits per heavy atom. The van der Waals surface area contributed by atoms with E-state index in [0.717, 1.165) is 12.1 Å². The number of hydrogen-bond acceptors (Lipinski definition) is 2. The Labute approximate surface area is 96.8 Å². The normalized spacial score (nSPS) is 10.2. The fourth-order valence-electron chi connectivity index (χ4n) is 1.27. The summed E-state index contributed by atoms with van der Waals surface area (Å²) in [6.45, 7) is 5.17. The Kier molecular flexibility index (Phi) is 4.73. The van der Waals surface area contributed by atoms with Gasteiger partial charge in [0.25, 0.3) is 5.91 Å². The average Bonchev–Trinajstić information content (AvgIpc) is 2.28. The van der Waals surface area contributed by atoms with E-state index >= 15 is 0 Å². The monoisotopic (exact) mass is 218 g/mol. The summed E-state index contributed by atoms with van der Waals surface area (Å²) in [4.78, 5) is 13.7. The number of amides is 1. The largest absolute Gasteiger partial charge is 0.351 e. The molecule has 0 saturated carbocycles. The maximum absolute atomic E-state index is 11.7. The summed E-state index contributed by atoms with van der Waals surface area (Å²) in [5, 5.41) is 2.86. The van der Waals surface area contributed by atoms with Crippen LogP contribution in [0.1, 0.15) is 15.9 Å². The molecule has 0 atom stereocenters. The van der Waals surface area contributed by atoms with Crippen LogP contribution in [0.5, 0.6) is 0 Å². The van der Waals surface area contributed by atoms with Gasteiger partial charge in [0.15, 0.2) is 0 Å². The van der Waals surface area contributed by atoms with Crippen molar-refractivity contribution in [3.8, 4) is 0 Å². The third-order valence-electron chi connectivity index (χ3n) is 2.25. The van der Waals surface area contributed by atoms with E-state index in [-0.39, 0.29) is 5.91 Å². The first-order chi connectivity index (χ1) is 7.63. The Morgan fingerprint density at radius 1 is 1.38 bits per heavy atom. The van der Waals surface area contributed by atoms with Gasteiger partial charge in [0.1, 0.15) is 0 Å². The number of rotatable bonds is 5. The van der Waals surface area contributed by atoms with Gasteiger partial charge in [0.2, 0.25) is 0 Å². The number of carbonyl (C=O) groups is 1. The molecular weight excluding hydrogens is 200 g/mol. The minimum absolute atomic E-state index is 0.0301. The van der Waals surface area contributed by atoms with Crippen molar-refractivity contribution in [2.75, 3.05) is 27.2 Å². The number of benzene rings is 1. The van der Waals surface area contributed by atoms with Gasteiger partial charge in [-0.25, -0.2) is 0 Å². The van der Waals surface area contributed by atoms with E-state index < -0.39 is 0 Å². The highest BCUT2D eigenvalue weighted by molar-refractivity contribution is 5.94. The van der Waals surface area contributed by atoms with Gasteiger partial charge in [0, 0.05) is 18.7 Å². The first-order valence-electron chi connectivity index (χ1n) is 5.29. The highest BCUT2D eigenvalue weighted by atomic mass is 16.1. The van der Waals surface area contributed by atoms with Gasteiger partial charge in [0.05, 0.1) is 0 Å². The van der Waals surface area contributed by atoms with Crippen LogP contribution in [-0.2, 0) is 0 Å². The highest BCUT2D eigenvalue weighted by Crippen LogP contribution is 2.05. The Balaban J connectivity index is 2.49. The van der Waals surface area contributed by atoms with Crippen molar-refractivity contribution in [1.82, 2.24) is 10.2 Å². The maximum atomic E-state index is 11.7. The Morgan fingerprint density at radius 3 is 2.50 bits per heavy atom. The van der Waals surface area contributed by atoms with Gasteiger partial charge in [-0.15, -0.1) is 0 Å². The van der Waals surface area contributed by atoms with Crippen LogP contribution in [0.15, 0.2) is 30.8 Å². The Hall–Kier alpha value is -1.61. The van der Waals surface area contributed by atoms with Crippen LogP contribution in [0.2, 0.25) is 0 Å². The SMILES string of the molecule is C=Cc1ccc(C(=O)NCCN(C)C)cc1. The number of nitrogens with one attached hydrogen (secondary N) is 1. The second-order valence-electron chi connectivity index (χ2n) is 3.89. The molecule has 3 nitrogen and oxygen atoms in total. The van der Waals surface area contributed by atoms with Crippen LogP contribution >= 0.6 is 0 Å². The summed E-state index contributed by atoms with van der Waals surface area (Å²) in [6.07, 6.45) is 1.76. The number of likely N-dealkylation sites (N-methyl/N-ethyl adjacent to an activating group) is 1. The van der Waals surface area contributed by atoms with Crippen LogP contribution in [0, 0.1) is 0 Å². The van der Waals surface area contributed by atoms with Crippen molar-refractivity contribution in [2.24, 2.45) is 0 Å². The van der Waals surface area contributed by atoms with Crippen molar-refractivity contribution in [3.05, 3.63) is 42.0 Å². The first-order valence-corrected chi connectivity index (χ1v) is 5.29. The smallest absolute Gasteiger partial charge is 0.251 e. The van der Waals surface area contributed by atoms with Gasteiger partial charge >= 0.3 is 0 Å². The molecule has 0 spiro atoms. The van der Waals surface area contributed by atoms with Crippen molar-refractivity contribution in [3.63, 3.8) is 0 Å². The molecule has 0 radical (unpaired) electrons. The number of nitrogens with zero attached hydrogens (tertiary/aromatic N) is 1. The molecule has 1 N–H and O–H groups in total. The zero-order valence-electron chi connectivity index (χ0n) is 9.86. The molecule has 3 heteroatoms. The zero-order chi connectivity index (χ0) is 12.0. The molecule has 0 fully saturated rings. The molecule has 0 aromatic heterocycles. The lowest BCUT2D eigenvalue weighted by Crippen LogP contribution is -2.31. The second-order valence-corrected chi connectivity index (χ2v) is 3.89. The number of hydrogen-bond donors (Lipinski definition) is 1. The molecule has 1 aromatic carbocycles. The summed E-state index contributed by atoms with van der Waals surface area (Å²) >= 11 is 0. The summed E-state index contributed by atoms with van der Waals surface area (Å²) in [5.74, 6) is -0.0301. The van der Waals surface area contributed by atoms with E-state index in [2.05, 4.69) is 11.9 Å².